The second kappa shape index (κ2) is 3.78. The SMILES string of the molecule is NC(=S)N[N]c1ccccc1. The minimum absolute atomic E-state index is 0.175. The molecule has 4 heteroatoms. The number of nitrogens with two attached hydrogens (primary N) is 1. The number of benzene rings is 1. The zero-order chi connectivity index (χ0) is 8.10. The van der Waals surface area contributed by atoms with Gasteiger partial charge in [0.25, 0.3) is 0 Å². The Morgan fingerprint density at radius 2 is 2.00 bits per heavy atom. The molecule has 1 rings (SSSR count). The monoisotopic (exact) mass is 166 g/mol. The van der Waals surface area contributed by atoms with Gasteiger partial charge in [0.1, 0.15) is 0 Å². The van der Waals surface area contributed by atoms with Gasteiger partial charge in [0.15, 0.2) is 5.11 Å². The van der Waals surface area contributed by atoms with Crippen LogP contribution in [0.4, 0.5) is 5.69 Å². The van der Waals surface area contributed by atoms with Crippen LogP contribution in [0.2, 0.25) is 0 Å². The van der Waals surface area contributed by atoms with Gasteiger partial charge in [-0.25, -0.2) is 0 Å². The smallest absolute Gasteiger partial charge is 0.184 e. The first kappa shape index (κ1) is 7.81. The van der Waals surface area contributed by atoms with Crippen molar-refractivity contribution in [3.8, 4) is 0 Å². The minimum Gasteiger partial charge on any atom is -0.375 e. The Morgan fingerprint density at radius 1 is 1.36 bits per heavy atom. The summed E-state index contributed by atoms with van der Waals surface area (Å²) in [7, 11) is 0. The molecule has 1 aromatic carbocycles. The summed E-state index contributed by atoms with van der Waals surface area (Å²) >= 11 is 4.57. The molecule has 0 heterocycles. The molecule has 0 saturated heterocycles. The van der Waals surface area contributed by atoms with Gasteiger partial charge < -0.3 is 5.73 Å². The summed E-state index contributed by atoms with van der Waals surface area (Å²) in [6, 6.07) is 9.40. The predicted octanol–water partition coefficient (Wildman–Crippen LogP) is 0.671. The van der Waals surface area contributed by atoms with E-state index in [0.717, 1.165) is 5.69 Å². The average Bonchev–Trinajstić information content (AvgIpc) is 2.03. The van der Waals surface area contributed by atoms with Crippen molar-refractivity contribution in [1.82, 2.24) is 10.9 Å². The van der Waals surface area contributed by atoms with Crippen LogP contribution < -0.4 is 16.6 Å². The third-order valence-corrected chi connectivity index (χ3v) is 1.14. The molecule has 0 aliphatic heterocycles. The third-order valence-electron chi connectivity index (χ3n) is 1.05. The van der Waals surface area contributed by atoms with Crippen molar-refractivity contribution in [2.24, 2.45) is 5.73 Å². The molecule has 0 aliphatic carbocycles. The van der Waals surface area contributed by atoms with Crippen molar-refractivity contribution in [3.05, 3.63) is 30.3 Å². The first-order valence-electron chi connectivity index (χ1n) is 3.10. The molecule has 11 heavy (non-hydrogen) atoms. The highest BCUT2D eigenvalue weighted by atomic mass is 32.1. The maximum atomic E-state index is 5.17. The number of nitrogens with one attached hydrogen (secondary N) is 1. The molecule has 1 aromatic rings. The van der Waals surface area contributed by atoms with Gasteiger partial charge in [0.2, 0.25) is 0 Å². The van der Waals surface area contributed by atoms with Crippen LogP contribution >= 0.6 is 12.2 Å². The molecule has 0 aliphatic rings. The number of rotatable bonds is 2. The summed E-state index contributed by atoms with van der Waals surface area (Å²) < 4.78 is 0. The van der Waals surface area contributed by atoms with Crippen molar-refractivity contribution in [3.63, 3.8) is 0 Å². The molecule has 3 nitrogen and oxygen atoms in total. The van der Waals surface area contributed by atoms with Crippen molar-refractivity contribution in [2.75, 3.05) is 0 Å². The van der Waals surface area contributed by atoms with Crippen LogP contribution in [-0.2, 0) is 0 Å². The first-order valence-corrected chi connectivity index (χ1v) is 3.51. The van der Waals surface area contributed by atoms with Gasteiger partial charge in [-0.15, -0.1) is 0 Å². The fourth-order valence-corrected chi connectivity index (χ4v) is 0.668. The van der Waals surface area contributed by atoms with Crippen molar-refractivity contribution in [2.45, 2.75) is 0 Å². The molecule has 0 aromatic heterocycles. The highest BCUT2D eigenvalue weighted by Gasteiger charge is 1.89. The lowest BCUT2D eigenvalue weighted by molar-refractivity contribution is 0.817. The quantitative estimate of drug-likeness (QED) is 0.501. The fourth-order valence-electron chi connectivity index (χ4n) is 0.622. The molecule has 0 fully saturated rings. The van der Waals surface area contributed by atoms with E-state index in [2.05, 4.69) is 23.1 Å². The zero-order valence-electron chi connectivity index (χ0n) is 5.82. The molecular weight excluding hydrogens is 158 g/mol. The number of hydrogen-bond donors (Lipinski definition) is 2. The molecule has 0 amide bonds. The Bertz CT molecular complexity index is 235. The molecule has 0 bridgehead atoms. The van der Waals surface area contributed by atoms with Crippen molar-refractivity contribution >= 4 is 23.0 Å². The zero-order valence-corrected chi connectivity index (χ0v) is 6.64. The molecule has 1 radical (unpaired) electrons. The summed E-state index contributed by atoms with van der Waals surface area (Å²) in [4.78, 5) is 0. The Balaban J connectivity index is 2.45. The normalized spacial score (nSPS) is 8.73. The van der Waals surface area contributed by atoms with Crippen molar-refractivity contribution in [1.29, 1.82) is 0 Å². The van der Waals surface area contributed by atoms with E-state index in [1.165, 1.54) is 0 Å². The van der Waals surface area contributed by atoms with Gasteiger partial charge in [-0.05, 0) is 24.4 Å². The second-order valence-corrected chi connectivity index (χ2v) is 2.36. The van der Waals surface area contributed by atoms with Gasteiger partial charge in [0.05, 0.1) is 5.69 Å². The lowest BCUT2D eigenvalue weighted by Gasteiger charge is -2.01. The van der Waals surface area contributed by atoms with Crippen LogP contribution in [0.15, 0.2) is 30.3 Å². The van der Waals surface area contributed by atoms with E-state index in [1.54, 1.807) is 0 Å². The lowest BCUT2D eigenvalue weighted by Crippen LogP contribution is -2.33. The third kappa shape index (κ3) is 2.86. The van der Waals surface area contributed by atoms with Crippen LogP contribution in [0.1, 0.15) is 0 Å². The van der Waals surface area contributed by atoms with Gasteiger partial charge in [0, 0.05) is 0 Å². The van der Waals surface area contributed by atoms with Gasteiger partial charge in [-0.2, -0.15) is 5.43 Å². The summed E-state index contributed by atoms with van der Waals surface area (Å²) in [5.74, 6) is 0. The molecule has 0 atom stereocenters. The Morgan fingerprint density at radius 3 is 2.55 bits per heavy atom. The summed E-state index contributed by atoms with van der Waals surface area (Å²) in [5, 5.41) is 0.175. The Labute approximate surface area is 70.6 Å². The number of thiocarbonyl (C=S) groups is 1. The number of hydrogen-bond acceptors (Lipinski definition) is 1. The van der Waals surface area contributed by atoms with Gasteiger partial charge >= 0.3 is 0 Å². The second-order valence-electron chi connectivity index (χ2n) is 1.92. The standard InChI is InChI=1S/C7H8N3S/c8-7(11)10-9-6-4-2-1-3-5-6/h1-5H,(H3,8,10,11). The number of para-hydroxylation sites is 1. The van der Waals surface area contributed by atoms with E-state index in [-0.39, 0.29) is 5.11 Å². The molecule has 0 spiro atoms. The fraction of sp³-hybridized carbons (Fsp3) is 0. The van der Waals surface area contributed by atoms with Crippen LogP contribution in [0.25, 0.3) is 0 Å². The molecule has 57 valence electrons. The topological polar surface area (TPSA) is 52.1 Å². The van der Waals surface area contributed by atoms with Crippen LogP contribution in [0.3, 0.4) is 0 Å². The van der Waals surface area contributed by atoms with Gasteiger partial charge in [-0.1, -0.05) is 18.2 Å². The van der Waals surface area contributed by atoms with E-state index in [1.807, 2.05) is 30.3 Å². The Hall–Kier alpha value is -1.29. The largest absolute Gasteiger partial charge is 0.375 e. The molecule has 0 saturated carbocycles. The summed E-state index contributed by atoms with van der Waals surface area (Å²) in [5.41, 5.74) is 12.4. The minimum atomic E-state index is 0.175. The van der Waals surface area contributed by atoms with E-state index >= 15 is 0 Å². The van der Waals surface area contributed by atoms with Crippen LogP contribution in [-0.4, -0.2) is 5.11 Å². The van der Waals surface area contributed by atoms with Crippen LogP contribution in [0, 0.1) is 0 Å². The van der Waals surface area contributed by atoms with E-state index in [9.17, 15) is 0 Å². The first-order chi connectivity index (χ1) is 5.29. The molecule has 0 unspecified atom stereocenters. The lowest BCUT2D eigenvalue weighted by atomic mass is 10.3. The van der Waals surface area contributed by atoms with E-state index < -0.39 is 0 Å². The highest BCUT2D eigenvalue weighted by molar-refractivity contribution is 7.80. The molecule has 3 N–H and O–H groups in total. The van der Waals surface area contributed by atoms with E-state index in [0.29, 0.717) is 0 Å². The van der Waals surface area contributed by atoms with Crippen LogP contribution in [0.5, 0.6) is 0 Å². The predicted molar refractivity (Wildman–Crippen MR) is 48.2 cm³/mol. The average molecular weight is 166 g/mol. The highest BCUT2D eigenvalue weighted by Crippen LogP contribution is 2.02. The summed E-state index contributed by atoms with van der Waals surface area (Å²) in [6.45, 7) is 0. The van der Waals surface area contributed by atoms with E-state index in [4.69, 9.17) is 5.73 Å². The maximum Gasteiger partial charge on any atom is 0.184 e. The number of nitrogens with zero attached hydrogens (tertiary/aromatic N) is 1. The van der Waals surface area contributed by atoms with Gasteiger partial charge in [-0.3, -0.25) is 5.43 Å². The Kier molecular flexibility index (Phi) is 2.68. The van der Waals surface area contributed by atoms with Crippen molar-refractivity contribution < 1.29 is 0 Å². The summed E-state index contributed by atoms with van der Waals surface area (Å²) in [6.07, 6.45) is 0. The maximum absolute atomic E-state index is 5.17. The molecular formula is C7H8N3S.